The zero-order chi connectivity index (χ0) is 10.6. The molecule has 1 aliphatic rings. The minimum atomic E-state index is 0.0352. The van der Waals surface area contributed by atoms with Crippen molar-refractivity contribution >= 4 is 6.03 Å². The summed E-state index contributed by atoms with van der Waals surface area (Å²) in [5.74, 6) is 0. The fourth-order valence-corrected chi connectivity index (χ4v) is 1.93. The quantitative estimate of drug-likeness (QED) is 0.694. The first-order valence-electron chi connectivity index (χ1n) is 5.41. The molecule has 0 saturated heterocycles. The Hall–Kier alpha value is -0.770. The third-order valence-corrected chi connectivity index (χ3v) is 2.94. The van der Waals surface area contributed by atoms with E-state index in [-0.39, 0.29) is 6.03 Å². The van der Waals surface area contributed by atoms with E-state index in [2.05, 4.69) is 5.32 Å². The van der Waals surface area contributed by atoms with E-state index in [0.29, 0.717) is 18.6 Å². The molecule has 2 amide bonds. The molecule has 3 N–H and O–H groups in total. The predicted molar refractivity (Wildman–Crippen MR) is 57.1 cm³/mol. The summed E-state index contributed by atoms with van der Waals surface area (Å²) in [5.41, 5.74) is 5.81. The van der Waals surface area contributed by atoms with Gasteiger partial charge in [-0.15, -0.1) is 0 Å². The second-order valence-electron chi connectivity index (χ2n) is 4.01. The Labute approximate surface area is 85.8 Å². The fraction of sp³-hybridized carbons (Fsp3) is 0.900. The molecule has 0 radical (unpaired) electrons. The van der Waals surface area contributed by atoms with Gasteiger partial charge in [0.15, 0.2) is 0 Å². The van der Waals surface area contributed by atoms with E-state index >= 15 is 0 Å². The Bertz CT molecular complexity index is 188. The fourth-order valence-electron chi connectivity index (χ4n) is 1.93. The van der Waals surface area contributed by atoms with E-state index in [1.54, 1.807) is 0 Å². The van der Waals surface area contributed by atoms with E-state index in [1.165, 1.54) is 0 Å². The molecular formula is C10H21N3O. The Morgan fingerprint density at radius 2 is 2.00 bits per heavy atom. The lowest BCUT2D eigenvalue weighted by molar-refractivity contribution is 0.170. The van der Waals surface area contributed by atoms with Crippen molar-refractivity contribution in [3.63, 3.8) is 0 Å². The van der Waals surface area contributed by atoms with Crippen LogP contribution in [-0.4, -0.2) is 36.6 Å². The van der Waals surface area contributed by atoms with Gasteiger partial charge in [-0.2, -0.15) is 0 Å². The van der Waals surface area contributed by atoms with Crippen LogP contribution in [0.4, 0.5) is 4.79 Å². The zero-order valence-corrected chi connectivity index (χ0v) is 9.12. The largest absolute Gasteiger partial charge is 0.338 e. The SMILES string of the molecule is CCNC(=O)N(C)C1CCC(N)CC1. The third-order valence-electron chi connectivity index (χ3n) is 2.94. The summed E-state index contributed by atoms with van der Waals surface area (Å²) in [7, 11) is 1.87. The molecule has 1 rings (SSSR count). The minimum absolute atomic E-state index is 0.0352. The number of urea groups is 1. The third kappa shape index (κ3) is 2.87. The molecule has 0 atom stereocenters. The Balaban J connectivity index is 2.37. The summed E-state index contributed by atoms with van der Waals surface area (Å²) < 4.78 is 0. The van der Waals surface area contributed by atoms with Crippen molar-refractivity contribution in [1.29, 1.82) is 0 Å². The average molecular weight is 199 g/mol. The first-order valence-corrected chi connectivity index (χ1v) is 5.41. The molecule has 4 heteroatoms. The highest BCUT2D eigenvalue weighted by Gasteiger charge is 2.24. The van der Waals surface area contributed by atoms with Crippen LogP contribution in [0.15, 0.2) is 0 Å². The predicted octanol–water partition coefficient (Wildman–Crippen LogP) is 0.918. The van der Waals surface area contributed by atoms with Crippen molar-refractivity contribution < 1.29 is 4.79 Å². The van der Waals surface area contributed by atoms with Crippen LogP contribution in [0.25, 0.3) is 0 Å². The summed E-state index contributed by atoms with van der Waals surface area (Å²) in [6.07, 6.45) is 4.15. The first kappa shape index (κ1) is 11.3. The summed E-state index contributed by atoms with van der Waals surface area (Å²) in [6, 6.07) is 0.753. The standard InChI is InChI=1S/C10H21N3O/c1-3-12-10(14)13(2)9-6-4-8(11)5-7-9/h8-9H,3-7,11H2,1-2H3,(H,12,14). The van der Waals surface area contributed by atoms with Crippen LogP contribution in [-0.2, 0) is 0 Å². The highest BCUT2D eigenvalue weighted by Crippen LogP contribution is 2.20. The maximum absolute atomic E-state index is 11.5. The van der Waals surface area contributed by atoms with Gasteiger partial charge in [0.25, 0.3) is 0 Å². The highest BCUT2D eigenvalue weighted by molar-refractivity contribution is 5.74. The number of amides is 2. The molecular weight excluding hydrogens is 178 g/mol. The molecule has 4 nitrogen and oxygen atoms in total. The van der Waals surface area contributed by atoms with Crippen molar-refractivity contribution in [2.75, 3.05) is 13.6 Å². The molecule has 0 unspecified atom stereocenters. The minimum Gasteiger partial charge on any atom is -0.338 e. The molecule has 0 aromatic carbocycles. The van der Waals surface area contributed by atoms with Crippen molar-refractivity contribution in [3.8, 4) is 0 Å². The Morgan fingerprint density at radius 1 is 1.43 bits per heavy atom. The van der Waals surface area contributed by atoms with Crippen molar-refractivity contribution in [2.24, 2.45) is 5.73 Å². The van der Waals surface area contributed by atoms with Gasteiger partial charge in [-0.05, 0) is 32.6 Å². The molecule has 0 spiro atoms. The molecule has 1 fully saturated rings. The van der Waals surface area contributed by atoms with Gasteiger partial charge in [-0.1, -0.05) is 0 Å². The van der Waals surface area contributed by atoms with Gasteiger partial charge >= 0.3 is 6.03 Å². The topological polar surface area (TPSA) is 58.4 Å². The number of carbonyl (C=O) groups excluding carboxylic acids is 1. The van der Waals surface area contributed by atoms with Crippen LogP contribution in [0.2, 0.25) is 0 Å². The number of nitrogens with two attached hydrogens (primary N) is 1. The molecule has 0 heterocycles. The van der Waals surface area contributed by atoms with Crippen LogP contribution in [0.1, 0.15) is 32.6 Å². The molecule has 0 aromatic rings. The van der Waals surface area contributed by atoms with E-state index in [0.717, 1.165) is 25.7 Å². The summed E-state index contributed by atoms with van der Waals surface area (Å²) in [4.78, 5) is 13.3. The van der Waals surface area contributed by atoms with Gasteiger partial charge in [0.05, 0.1) is 0 Å². The summed E-state index contributed by atoms with van der Waals surface area (Å²) in [5, 5.41) is 2.81. The Morgan fingerprint density at radius 3 is 2.50 bits per heavy atom. The van der Waals surface area contributed by atoms with Crippen LogP contribution < -0.4 is 11.1 Å². The van der Waals surface area contributed by atoms with Crippen molar-refractivity contribution in [3.05, 3.63) is 0 Å². The highest BCUT2D eigenvalue weighted by atomic mass is 16.2. The molecule has 0 bridgehead atoms. The number of hydrogen-bond donors (Lipinski definition) is 2. The summed E-state index contributed by atoms with van der Waals surface area (Å²) in [6.45, 7) is 2.62. The number of nitrogens with zero attached hydrogens (tertiary/aromatic N) is 1. The van der Waals surface area contributed by atoms with Crippen molar-refractivity contribution in [2.45, 2.75) is 44.7 Å². The molecule has 0 aromatic heterocycles. The number of rotatable bonds is 2. The lowest BCUT2D eigenvalue weighted by Gasteiger charge is -2.33. The van der Waals surface area contributed by atoms with Crippen LogP contribution in [0.3, 0.4) is 0 Å². The molecule has 0 aliphatic heterocycles. The van der Waals surface area contributed by atoms with Gasteiger partial charge in [-0.3, -0.25) is 0 Å². The van der Waals surface area contributed by atoms with Crippen LogP contribution in [0.5, 0.6) is 0 Å². The summed E-state index contributed by atoms with van der Waals surface area (Å²) >= 11 is 0. The van der Waals surface area contributed by atoms with Gasteiger partial charge in [0, 0.05) is 25.7 Å². The van der Waals surface area contributed by atoms with E-state index in [9.17, 15) is 4.79 Å². The van der Waals surface area contributed by atoms with Gasteiger partial charge in [-0.25, -0.2) is 4.79 Å². The normalized spacial score (nSPS) is 27.1. The van der Waals surface area contributed by atoms with E-state index < -0.39 is 0 Å². The smallest absolute Gasteiger partial charge is 0.317 e. The van der Waals surface area contributed by atoms with Gasteiger partial charge < -0.3 is 16.0 Å². The zero-order valence-electron chi connectivity index (χ0n) is 9.12. The lowest BCUT2D eigenvalue weighted by atomic mass is 9.91. The second kappa shape index (κ2) is 5.20. The van der Waals surface area contributed by atoms with Gasteiger partial charge in [0.2, 0.25) is 0 Å². The number of nitrogens with one attached hydrogen (secondary N) is 1. The monoisotopic (exact) mass is 199 g/mol. The number of hydrogen-bond acceptors (Lipinski definition) is 2. The molecule has 1 aliphatic carbocycles. The molecule has 14 heavy (non-hydrogen) atoms. The molecule has 1 saturated carbocycles. The second-order valence-corrected chi connectivity index (χ2v) is 4.01. The Kier molecular flexibility index (Phi) is 4.20. The molecule has 82 valence electrons. The number of carbonyl (C=O) groups is 1. The maximum atomic E-state index is 11.5. The average Bonchev–Trinajstić information content (AvgIpc) is 2.18. The van der Waals surface area contributed by atoms with E-state index in [4.69, 9.17) is 5.73 Å². The first-order chi connectivity index (χ1) is 6.65. The van der Waals surface area contributed by atoms with Crippen molar-refractivity contribution in [1.82, 2.24) is 10.2 Å². The van der Waals surface area contributed by atoms with E-state index in [1.807, 2.05) is 18.9 Å². The maximum Gasteiger partial charge on any atom is 0.317 e. The van der Waals surface area contributed by atoms with Gasteiger partial charge in [0.1, 0.15) is 0 Å². The lowest BCUT2D eigenvalue weighted by Crippen LogP contribution is -2.46. The van der Waals surface area contributed by atoms with Crippen LogP contribution >= 0.6 is 0 Å². The van der Waals surface area contributed by atoms with Crippen LogP contribution in [0, 0.1) is 0 Å².